The number of amides is 1. The molecule has 140 valence electrons. The number of esters is 1. The van der Waals surface area contributed by atoms with Gasteiger partial charge in [0.1, 0.15) is 0 Å². The summed E-state index contributed by atoms with van der Waals surface area (Å²) in [6.07, 6.45) is 4.99. The van der Waals surface area contributed by atoms with Crippen LogP contribution in [-0.2, 0) is 9.53 Å². The van der Waals surface area contributed by atoms with Gasteiger partial charge in [-0.05, 0) is 42.0 Å². The maximum Gasteiger partial charge on any atom is 0.339 e. The molecule has 0 saturated carbocycles. The second-order valence-corrected chi connectivity index (χ2v) is 5.70. The molecular weight excluding hydrogens is 354 g/mol. The van der Waals surface area contributed by atoms with Gasteiger partial charge in [0.25, 0.3) is 0 Å². The minimum atomic E-state index is -0.548. The predicted molar refractivity (Wildman–Crippen MR) is 109 cm³/mol. The summed E-state index contributed by atoms with van der Waals surface area (Å²) in [5.74, 6) is -0.854. The number of anilines is 1. The van der Waals surface area contributed by atoms with Crippen molar-refractivity contribution in [3.05, 3.63) is 83.6 Å². The number of hydrogen-bond donors (Lipinski definition) is 1. The van der Waals surface area contributed by atoms with Crippen molar-refractivity contribution < 1.29 is 14.3 Å². The standard InChI is InChI=1S/C22H19N3O3/c1-4-20(24-12-11-16-5-7-17(14-23)8-6-16)18-9-10-19(22(27)28-3)21(13-18)25-15(2)26/h4-13H,1H2,2-3H3,(H,25,26)/b12-11?,24-20+. The summed E-state index contributed by atoms with van der Waals surface area (Å²) >= 11 is 0. The van der Waals surface area contributed by atoms with Crippen molar-refractivity contribution in [2.24, 2.45) is 4.99 Å². The summed E-state index contributed by atoms with van der Waals surface area (Å²) in [7, 11) is 1.28. The number of hydrogen-bond acceptors (Lipinski definition) is 5. The van der Waals surface area contributed by atoms with E-state index in [4.69, 9.17) is 10.00 Å². The van der Waals surface area contributed by atoms with Gasteiger partial charge < -0.3 is 10.1 Å². The van der Waals surface area contributed by atoms with Crippen LogP contribution >= 0.6 is 0 Å². The fourth-order valence-corrected chi connectivity index (χ4v) is 2.40. The van der Waals surface area contributed by atoms with Crippen LogP contribution in [0.15, 0.2) is 66.3 Å². The number of benzene rings is 2. The summed E-state index contributed by atoms with van der Waals surface area (Å²) in [4.78, 5) is 27.7. The van der Waals surface area contributed by atoms with E-state index in [0.717, 1.165) is 5.56 Å². The number of carbonyl (C=O) groups is 2. The highest BCUT2D eigenvalue weighted by atomic mass is 16.5. The second-order valence-electron chi connectivity index (χ2n) is 5.70. The largest absolute Gasteiger partial charge is 0.465 e. The number of allylic oxidation sites excluding steroid dienone is 1. The first-order chi connectivity index (χ1) is 13.5. The first-order valence-electron chi connectivity index (χ1n) is 8.35. The van der Waals surface area contributed by atoms with E-state index in [-0.39, 0.29) is 11.5 Å². The summed E-state index contributed by atoms with van der Waals surface area (Å²) in [5.41, 5.74) is 3.30. The first-order valence-corrected chi connectivity index (χ1v) is 8.35. The average molecular weight is 373 g/mol. The van der Waals surface area contributed by atoms with Crippen molar-refractivity contribution in [3.63, 3.8) is 0 Å². The number of methoxy groups -OCH3 is 1. The van der Waals surface area contributed by atoms with Gasteiger partial charge >= 0.3 is 5.97 Å². The Hall–Kier alpha value is -3.98. The van der Waals surface area contributed by atoms with E-state index < -0.39 is 5.97 Å². The van der Waals surface area contributed by atoms with E-state index in [1.807, 2.05) is 12.1 Å². The summed E-state index contributed by atoms with van der Waals surface area (Å²) in [6.45, 7) is 5.13. The lowest BCUT2D eigenvalue weighted by molar-refractivity contribution is -0.114. The van der Waals surface area contributed by atoms with Gasteiger partial charge in [-0.25, -0.2) is 4.79 Å². The van der Waals surface area contributed by atoms with Crippen LogP contribution in [-0.4, -0.2) is 24.7 Å². The van der Waals surface area contributed by atoms with Crippen molar-refractivity contribution >= 4 is 29.4 Å². The molecule has 0 aromatic heterocycles. The first kappa shape index (κ1) is 20.3. The highest BCUT2D eigenvalue weighted by Gasteiger charge is 2.14. The number of rotatable bonds is 6. The van der Waals surface area contributed by atoms with Crippen molar-refractivity contribution in [3.8, 4) is 6.07 Å². The molecule has 0 radical (unpaired) electrons. The maximum atomic E-state index is 11.9. The van der Waals surface area contributed by atoms with Gasteiger partial charge in [0.15, 0.2) is 0 Å². The molecule has 0 atom stereocenters. The van der Waals surface area contributed by atoms with E-state index >= 15 is 0 Å². The highest BCUT2D eigenvalue weighted by Crippen LogP contribution is 2.20. The Bertz CT molecular complexity index is 997. The van der Waals surface area contributed by atoms with Crippen LogP contribution in [0.1, 0.15) is 34.0 Å². The fraction of sp³-hybridized carbons (Fsp3) is 0.0909. The summed E-state index contributed by atoms with van der Waals surface area (Å²) in [6, 6.07) is 14.1. The Kier molecular flexibility index (Phi) is 7.00. The van der Waals surface area contributed by atoms with E-state index in [2.05, 4.69) is 23.0 Å². The van der Waals surface area contributed by atoms with Gasteiger partial charge in [-0.15, -0.1) is 0 Å². The number of nitriles is 1. The minimum Gasteiger partial charge on any atom is -0.465 e. The molecule has 0 aliphatic rings. The Morgan fingerprint density at radius 2 is 1.93 bits per heavy atom. The number of aliphatic imine (C=N–C) groups is 1. The SMILES string of the molecule is C=C/C(=N\C=Cc1ccc(C#N)cc1)c1ccc(C(=O)OC)c(NC(C)=O)c1. The molecule has 2 aromatic carbocycles. The predicted octanol–water partition coefficient (Wildman–Crippen LogP) is 3.95. The van der Waals surface area contributed by atoms with Crippen molar-refractivity contribution in [1.29, 1.82) is 5.26 Å². The fourth-order valence-electron chi connectivity index (χ4n) is 2.40. The Labute approximate surface area is 163 Å². The average Bonchev–Trinajstić information content (AvgIpc) is 2.70. The lowest BCUT2D eigenvalue weighted by Crippen LogP contribution is -2.13. The number of carbonyl (C=O) groups excluding carboxylic acids is 2. The molecule has 0 bridgehead atoms. The lowest BCUT2D eigenvalue weighted by Gasteiger charge is -2.10. The van der Waals surface area contributed by atoms with Crippen molar-refractivity contribution in [1.82, 2.24) is 0 Å². The zero-order valence-corrected chi connectivity index (χ0v) is 15.6. The molecule has 0 aliphatic carbocycles. The normalized spacial score (nSPS) is 11.0. The van der Waals surface area contributed by atoms with E-state index in [1.54, 1.807) is 48.7 Å². The van der Waals surface area contributed by atoms with Crippen LogP contribution in [0.25, 0.3) is 6.08 Å². The van der Waals surface area contributed by atoms with Crippen molar-refractivity contribution in [2.45, 2.75) is 6.92 Å². The summed E-state index contributed by atoms with van der Waals surface area (Å²) in [5, 5.41) is 11.5. The van der Waals surface area contributed by atoms with E-state index in [9.17, 15) is 9.59 Å². The molecule has 0 aliphatic heterocycles. The molecule has 0 spiro atoms. The Morgan fingerprint density at radius 3 is 2.50 bits per heavy atom. The molecule has 1 amide bonds. The molecule has 6 nitrogen and oxygen atoms in total. The monoisotopic (exact) mass is 373 g/mol. The highest BCUT2D eigenvalue weighted by molar-refractivity contribution is 6.11. The molecule has 1 N–H and O–H groups in total. The van der Waals surface area contributed by atoms with Crippen LogP contribution in [0.2, 0.25) is 0 Å². The van der Waals surface area contributed by atoms with Crippen LogP contribution in [0.5, 0.6) is 0 Å². The lowest BCUT2D eigenvalue weighted by atomic mass is 10.0. The molecular formula is C22H19N3O3. The Balaban J connectivity index is 2.33. The van der Waals surface area contributed by atoms with Gasteiger partial charge in [-0.3, -0.25) is 9.79 Å². The molecule has 2 aromatic rings. The minimum absolute atomic E-state index is 0.248. The number of ether oxygens (including phenoxy) is 1. The number of nitrogens with zero attached hydrogens (tertiary/aromatic N) is 2. The quantitative estimate of drug-likeness (QED) is 0.613. The smallest absolute Gasteiger partial charge is 0.339 e. The summed E-state index contributed by atoms with van der Waals surface area (Å²) < 4.78 is 4.74. The van der Waals surface area contributed by atoms with Gasteiger partial charge in [0.05, 0.1) is 35.7 Å². The van der Waals surface area contributed by atoms with Crippen LogP contribution in [0.3, 0.4) is 0 Å². The van der Waals surface area contributed by atoms with Gasteiger partial charge in [-0.2, -0.15) is 5.26 Å². The third-order valence-electron chi connectivity index (χ3n) is 3.75. The second kappa shape index (κ2) is 9.64. The molecule has 0 heterocycles. The molecule has 0 saturated heterocycles. The molecule has 2 rings (SSSR count). The zero-order chi connectivity index (χ0) is 20.5. The van der Waals surface area contributed by atoms with E-state index in [1.165, 1.54) is 14.0 Å². The molecule has 6 heteroatoms. The molecule has 0 unspecified atom stereocenters. The van der Waals surface area contributed by atoms with Gasteiger partial charge in [-0.1, -0.05) is 24.8 Å². The molecule has 0 fully saturated rings. The third kappa shape index (κ3) is 5.26. The van der Waals surface area contributed by atoms with Crippen LogP contribution in [0, 0.1) is 11.3 Å². The molecule has 28 heavy (non-hydrogen) atoms. The maximum absolute atomic E-state index is 11.9. The van der Waals surface area contributed by atoms with Crippen molar-refractivity contribution in [2.75, 3.05) is 12.4 Å². The van der Waals surface area contributed by atoms with Crippen LogP contribution < -0.4 is 5.32 Å². The van der Waals surface area contributed by atoms with Crippen LogP contribution in [0.4, 0.5) is 5.69 Å². The topological polar surface area (TPSA) is 91.6 Å². The number of nitrogens with one attached hydrogen (secondary N) is 1. The van der Waals surface area contributed by atoms with Gasteiger partial charge in [0.2, 0.25) is 5.91 Å². The zero-order valence-electron chi connectivity index (χ0n) is 15.6. The third-order valence-corrected chi connectivity index (χ3v) is 3.75. The Morgan fingerprint density at radius 1 is 1.21 bits per heavy atom. The van der Waals surface area contributed by atoms with Gasteiger partial charge in [0, 0.05) is 18.7 Å². The van der Waals surface area contributed by atoms with E-state index in [0.29, 0.717) is 22.5 Å².